The van der Waals surface area contributed by atoms with Crippen molar-refractivity contribution in [2.24, 2.45) is 0 Å². The molecule has 1 heterocycles. The molecule has 1 aromatic heterocycles. The second-order valence-corrected chi connectivity index (χ2v) is 10.1. The summed E-state index contributed by atoms with van der Waals surface area (Å²) in [6.45, 7) is 3.41. The van der Waals surface area contributed by atoms with Gasteiger partial charge in [0.2, 0.25) is 6.54 Å². The molecule has 8 nitrogen and oxygen atoms in total. The maximum atomic E-state index is 14.1. The van der Waals surface area contributed by atoms with Crippen LogP contribution in [0.2, 0.25) is 10.0 Å². The molecule has 198 valence electrons. The Morgan fingerprint density at radius 3 is 2.53 bits per heavy atom. The molecule has 38 heavy (non-hydrogen) atoms. The Labute approximate surface area is 232 Å². The van der Waals surface area contributed by atoms with Crippen LogP contribution in [0.1, 0.15) is 29.1 Å². The second kappa shape index (κ2) is 12.5. The molecule has 0 saturated heterocycles. The lowest BCUT2D eigenvalue weighted by Crippen LogP contribution is -2.12. The van der Waals surface area contributed by atoms with E-state index in [4.69, 9.17) is 32.7 Å². The number of hydrogen-bond donors (Lipinski definition) is 0. The highest BCUT2D eigenvalue weighted by Gasteiger charge is 2.26. The van der Waals surface area contributed by atoms with Crippen LogP contribution in [0.15, 0.2) is 65.8 Å². The molecule has 0 aliphatic heterocycles. The summed E-state index contributed by atoms with van der Waals surface area (Å²) in [6, 6.07) is 16.6. The highest BCUT2D eigenvalue weighted by molar-refractivity contribution is 7.99. The Bertz CT molecular complexity index is 1440. The lowest BCUT2D eigenvalue weighted by molar-refractivity contribution is -0.479. The average Bonchev–Trinajstić information content (AvgIpc) is 3.24. The first-order valence-corrected chi connectivity index (χ1v) is 13.2. The van der Waals surface area contributed by atoms with Crippen molar-refractivity contribution in [2.75, 3.05) is 13.2 Å². The van der Waals surface area contributed by atoms with Gasteiger partial charge in [-0.3, -0.25) is 14.7 Å². The first-order valence-electron chi connectivity index (χ1n) is 11.6. The molecule has 0 aliphatic carbocycles. The van der Waals surface area contributed by atoms with E-state index < -0.39 is 22.5 Å². The maximum Gasteiger partial charge on any atom is 0.220 e. The van der Waals surface area contributed by atoms with Crippen LogP contribution in [-0.2, 0) is 6.61 Å². The SMILES string of the molecule is CCOc1cc([C@@H](C[N+](=O)[O-])Sc2nnc(C)n2-c2ccc(Cl)cc2)cc(Cl)c1OCc1ccccc1F. The van der Waals surface area contributed by atoms with Gasteiger partial charge in [0.15, 0.2) is 16.7 Å². The van der Waals surface area contributed by atoms with Gasteiger partial charge < -0.3 is 9.47 Å². The third-order valence-electron chi connectivity index (χ3n) is 5.48. The lowest BCUT2D eigenvalue weighted by atomic mass is 10.1. The van der Waals surface area contributed by atoms with E-state index in [0.717, 1.165) is 5.69 Å². The molecular weight excluding hydrogens is 554 g/mol. The van der Waals surface area contributed by atoms with Crippen molar-refractivity contribution >= 4 is 35.0 Å². The van der Waals surface area contributed by atoms with Crippen molar-refractivity contribution in [1.29, 1.82) is 0 Å². The number of nitro groups is 1. The Morgan fingerprint density at radius 2 is 1.84 bits per heavy atom. The predicted octanol–water partition coefficient (Wildman–Crippen LogP) is 7.11. The minimum Gasteiger partial charge on any atom is -0.490 e. The van der Waals surface area contributed by atoms with E-state index in [1.807, 2.05) is 12.1 Å². The van der Waals surface area contributed by atoms with Crippen LogP contribution in [0.25, 0.3) is 5.69 Å². The van der Waals surface area contributed by atoms with E-state index in [1.54, 1.807) is 60.9 Å². The van der Waals surface area contributed by atoms with Gasteiger partial charge in [0.05, 0.1) is 11.6 Å². The topological polar surface area (TPSA) is 92.3 Å². The number of halogens is 3. The van der Waals surface area contributed by atoms with Crippen molar-refractivity contribution in [1.82, 2.24) is 14.8 Å². The molecule has 12 heteroatoms. The summed E-state index contributed by atoms with van der Waals surface area (Å²) in [5.74, 6) is 0.738. The van der Waals surface area contributed by atoms with Gasteiger partial charge in [0, 0.05) is 21.2 Å². The summed E-state index contributed by atoms with van der Waals surface area (Å²) in [5, 5.41) is 20.6. The zero-order chi connectivity index (χ0) is 27.2. The molecule has 4 aromatic rings. The number of aromatic nitrogens is 3. The monoisotopic (exact) mass is 576 g/mol. The number of benzene rings is 3. The van der Waals surface area contributed by atoms with Crippen LogP contribution in [0.4, 0.5) is 4.39 Å². The Morgan fingerprint density at radius 1 is 1.11 bits per heavy atom. The van der Waals surface area contributed by atoms with Crippen LogP contribution < -0.4 is 9.47 Å². The third-order valence-corrected chi connectivity index (χ3v) is 7.19. The van der Waals surface area contributed by atoms with Crippen molar-refractivity contribution < 1.29 is 18.8 Å². The predicted molar refractivity (Wildman–Crippen MR) is 145 cm³/mol. The molecule has 0 amide bonds. The summed E-state index contributed by atoms with van der Waals surface area (Å²) in [4.78, 5) is 11.2. The van der Waals surface area contributed by atoms with Crippen LogP contribution in [0, 0.1) is 22.9 Å². The fraction of sp³-hybridized carbons (Fsp3) is 0.231. The number of ether oxygens (including phenoxy) is 2. The number of thioether (sulfide) groups is 1. The molecule has 0 spiro atoms. The van der Waals surface area contributed by atoms with E-state index in [9.17, 15) is 14.5 Å². The fourth-order valence-corrected chi connectivity index (χ4v) is 5.28. The van der Waals surface area contributed by atoms with E-state index >= 15 is 0 Å². The van der Waals surface area contributed by atoms with Crippen LogP contribution in [0.5, 0.6) is 11.5 Å². The van der Waals surface area contributed by atoms with E-state index in [2.05, 4.69) is 10.2 Å². The van der Waals surface area contributed by atoms with E-state index in [1.165, 1.54) is 17.8 Å². The molecule has 0 saturated carbocycles. The molecule has 0 aliphatic rings. The van der Waals surface area contributed by atoms with Gasteiger partial charge >= 0.3 is 0 Å². The highest BCUT2D eigenvalue weighted by atomic mass is 35.5. The Hall–Kier alpha value is -3.34. The standard InChI is InChI=1S/C26H23Cl2FN4O4S/c1-3-36-23-13-18(12-21(28)25(23)37-15-17-6-4-5-7-22(17)29)24(14-32(34)35)38-26-31-30-16(2)33(26)20-10-8-19(27)9-11-20/h4-13,24H,3,14-15H2,1-2H3/t24-/m1/s1. The van der Waals surface area contributed by atoms with Crippen molar-refractivity contribution in [3.63, 3.8) is 0 Å². The molecule has 0 fully saturated rings. The number of aryl methyl sites for hydroxylation is 1. The van der Waals surface area contributed by atoms with Gasteiger partial charge in [-0.05, 0) is 61.9 Å². The Kier molecular flexibility index (Phi) is 9.09. The normalized spacial score (nSPS) is 11.8. The van der Waals surface area contributed by atoms with E-state index in [0.29, 0.717) is 39.5 Å². The molecule has 1 atom stereocenters. The van der Waals surface area contributed by atoms with Gasteiger partial charge in [-0.25, -0.2) is 4.39 Å². The summed E-state index contributed by atoms with van der Waals surface area (Å²) in [5.41, 5.74) is 1.67. The highest BCUT2D eigenvalue weighted by Crippen LogP contribution is 2.43. The fourth-order valence-electron chi connectivity index (χ4n) is 3.72. The van der Waals surface area contributed by atoms with Gasteiger partial charge in [-0.2, -0.15) is 0 Å². The first kappa shape index (κ1) is 27.7. The zero-order valence-corrected chi connectivity index (χ0v) is 22.8. The average molecular weight is 577 g/mol. The quantitative estimate of drug-likeness (QED) is 0.107. The number of hydrogen-bond acceptors (Lipinski definition) is 7. The van der Waals surface area contributed by atoms with Gasteiger partial charge in [0.1, 0.15) is 23.5 Å². The maximum absolute atomic E-state index is 14.1. The van der Waals surface area contributed by atoms with Crippen molar-refractivity contribution in [3.05, 3.63) is 104 Å². The molecule has 0 unspecified atom stereocenters. The number of nitrogens with zero attached hydrogens (tertiary/aromatic N) is 4. The Balaban J connectivity index is 1.67. The third kappa shape index (κ3) is 6.56. The van der Waals surface area contributed by atoms with Crippen molar-refractivity contribution in [2.45, 2.75) is 30.9 Å². The van der Waals surface area contributed by atoms with E-state index in [-0.39, 0.29) is 17.4 Å². The molecule has 0 radical (unpaired) electrons. The smallest absolute Gasteiger partial charge is 0.220 e. The summed E-state index contributed by atoms with van der Waals surface area (Å²) < 4.78 is 27.5. The van der Waals surface area contributed by atoms with Crippen LogP contribution in [0.3, 0.4) is 0 Å². The van der Waals surface area contributed by atoms with Crippen LogP contribution >= 0.6 is 35.0 Å². The molecule has 3 aromatic carbocycles. The summed E-state index contributed by atoms with van der Waals surface area (Å²) in [6.07, 6.45) is 0. The molecular formula is C26H23Cl2FN4O4S. The molecule has 4 rings (SSSR count). The summed E-state index contributed by atoms with van der Waals surface area (Å²) >= 11 is 13.8. The minimum absolute atomic E-state index is 0.0671. The van der Waals surface area contributed by atoms with Crippen LogP contribution in [-0.4, -0.2) is 32.8 Å². The van der Waals surface area contributed by atoms with Gasteiger partial charge in [0.25, 0.3) is 0 Å². The first-order chi connectivity index (χ1) is 18.3. The second-order valence-electron chi connectivity index (χ2n) is 8.11. The lowest BCUT2D eigenvalue weighted by Gasteiger charge is -2.19. The largest absolute Gasteiger partial charge is 0.490 e. The van der Waals surface area contributed by atoms with Gasteiger partial charge in [-0.1, -0.05) is 53.2 Å². The van der Waals surface area contributed by atoms with Crippen molar-refractivity contribution in [3.8, 4) is 17.2 Å². The van der Waals surface area contributed by atoms with Gasteiger partial charge in [-0.15, -0.1) is 10.2 Å². The summed E-state index contributed by atoms with van der Waals surface area (Å²) in [7, 11) is 0. The minimum atomic E-state index is -0.683. The molecule has 0 bridgehead atoms. The number of rotatable bonds is 11. The zero-order valence-electron chi connectivity index (χ0n) is 20.4. The molecule has 0 N–H and O–H groups in total.